The lowest BCUT2D eigenvalue weighted by Gasteiger charge is -2.23. The Morgan fingerprint density at radius 3 is 2.65 bits per heavy atom. The normalized spacial score (nSPS) is 15.9. The van der Waals surface area contributed by atoms with Gasteiger partial charge in [0, 0.05) is 12.0 Å². The van der Waals surface area contributed by atoms with E-state index in [1.807, 2.05) is 42.5 Å². The van der Waals surface area contributed by atoms with Gasteiger partial charge in [-0.2, -0.15) is 0 Å². The Hall–Kier alpha value is -3.41. The molecule has 2 aromatic carbocycles. The number of rotatable bonds is 3. The lowest BCUT2D eigenvalue weighted by Crippen LogP contribution is -2.38. The van der Waals surface area contributed by atoms with Crippen LogP contribution < -0.4 is 5.32 Å². The standard InChI is InChI=1S/C20H16N2O4/c1-12-17(18(26-22-12)13-7-3-2-4-8-13)21-19(23)16-11-14-9-5-6-10-15(14)20(24)25-16/h2-10,16H,11H2,1H3,(H,21,23)/t16-/m0/s1. The van der Waals surface area contributed by atoms with E-state index in [-0.39, 0.29) is 0 Å². The summed E-state index contributed by atoms with van der Waals surface area (Å²) >= 11 is 0. The Kier molecular flexibility index (Phi) is 4.01. The van der Waals surface area contributed by atoms with Crippen molar-refractivity contribution in [2.45, 2.75) is 19.4 Å². The highest BCUT2D eigenvalue weighted by Crippen LogP contribution is 2.31. The fraction of sp³-hybridized carbons (Fsp3) is 0.150. The van der Waals surface area contributed by atoms with Crippen LogP contribution in [0, 0.1) is 6.92 Å². The number of amides is 1. The Morgan fingerprint density at radius 1 is 1.12 bits per heavy atom. The van der Waals surface area contributed by atoms with E-state index in [0.29, 0.717) is 29.1 Å². The van der Waals surface area contributed by atoms with Crippen molar-refractivity contribution in [2.24, 2.45) is 0 Å². The molecule has 0 saturated carbocycles. The number of aromatic nitrogens is 1. The van der Waals surface area contributed by atoms with Gasteiger partial charge in [0.25, 0.3) is 5.91 Å². The molecule has 26 heavy (non-hydrogen) atoms. The quantitative estimate of drug-likeness (QED) is 0.734. The van der Waals surface area contributed by atoms with Crippen molar-refractivity contribution in [3.8, 4) is 11.3 Å². The van der Waals surface area contributed by atoms with Crippen LogP contribution in [0.2, 0.25) is 0 Å². The number of esters is 1. The van der Waals surface area contributed by atoms with Crippen LogP contribution >= 0.6 is 0 Å². The van der Waals surface area contributed by atoms with E-state index in [0.717, 1.165) is 11.1 Å². The maximum atomic E-state index is 12.7. The van der Waals surface area contributed by atoms with E-state index in [9.17, 15) is 9.59 Å². The molecule has 0 spiro atoms. The number of anilines is 1. The zero-order chi connectivity index (χ0) is 18.1. The third kappa shape index (κ3) is 2.86. The van der Waals surface area contributed by atoms with E-state index in [1.54, 1.807) is 19.1 Å². The number of carbonyl (C=O) groups excluding carboxylic acids is 2. The second-order valence-corrected chi connectivity index (χ2v) is 6.08. The molecule has 1 aliphatic heterocycles. The molecule has 1 N–H and O–H groups in total. The molecule has 130 valence electrons. The van der Waals surface area contributed by atoms with E-state index in [2.05, 4.69) is 10.5 Å². The Morgan fingerprint density at radius 2 is 1.85 bits per heavy atom. The molecule has 0 fully saturated rings. The van der Waals surface area contributed by atoms with E-state index in [4.69, 9.17) is 9.26 Å². The van der Waals surface area contributed by atoms with Gasteiger partial charge in [0.15, 0.2) is 11.9 Å². The fourth-order valence-electron chi connectivity index (χ4n) is 2.98. The molecule has 4 rings (SSSR count). The van der Waals surface area contributed by atoms with E-state index < -0.39 is 18.0 Å². The summed E-state index contributed by atoms with van der Waals surface area (Å²) in [4.78, 5) is 24.8. The smallest absolute Gasteiger partial charge is 0.339 e. The summed E-state index contributed by atoms with van der Waals surface area (Å²) in [6, 6.07) is 16.5. The maximum Gasteiger partial charge on any atom is 0.339 e. The van der Waals surface area contributed by atoms with Crippen molar-refractivity contribution >= 4 is 17.6 Å². The number of ether oxygens (including phenoxy) is 1. The summed E-state index contributed by atoms with van der Waals surface area (Å²) in [5.74, 6) is -0.423. The van der Waals surface area contributed by atoms with Crippen LogP contribution in [0.3, 0.4) is 0 Å². The lowest BCUT2D eigenvalue weighted by atomic mass is 9.98. The number of hydrogen-bond donors (Lipinski definition) is 1. The summed E-state index contributed by atoms with van der Waals surface area (Å²) in [7, 11) is 0. The second kappa shape index (κ2) is 6.48. The zero-order valence-electron chi connectivity index (χ0n) is 14.1. The summed E-state index contributed by atoms with van der Waals surface area (Å²) < 4.78 is 10.7. The summed E-state index contributed by atoms with van der Waals surface area (Å²) in [6.45, 7) is 1.74. The third-order valence-corrected chi connectivity index (χ3v) is 4.33. The molecular formula is C20H16N2O4. The van der Waals surface area contributed by atoms with Gasteiger partial charge in [-0.3, -0.25) is 4.79 Å². The highest BCUT2D eigenvalue weighted by atomic mass is 16.5. The third-order valence-electron chi connectivity index (χ3n) is 4.33. The number of nitrogens with one attached hydrogen (secondary N) is 1. The fourth-order valence-corrected chi connectivity index (χ4v) is 2.98. The van der Waals surface area contributed by atoms with Gasteiger partial charge in [-0.05, 0) is 18.6 Å². The van der Waals surface area contributed by atoms with Gasteiger partial charge >= 0.3 is 5.97 Å². The molecule has 0 radical (unpaired) electrons. The SMILES string of the molecule is Cc1noc(-c2ccccc2)c1NC(=O)[C@@H]1Cc2ccccc2C(=O)O1. The molecular weight excluding hydrogens is 332 g/mol. The van der Waals surface area contributed by atoms with Crippen LogP contribution in [-0.2, 0) is 16.0 Å². The van der Waals surface area contributed by atoms with Crippen molar-refractivity contribution in [2.75, 3.05) is 5.32 Å². The van der Waals surface area contributed by atoms with Gasteiger partial charge in [-0.1, -0.05) is 53.7 Å². The number of aryl methyl sites for hydroxylation is 1. The molecule has 1 aliphatic rings. The van der Waals surface area contributed by atoms with Gasteiger partial charge in [0.05, 0.1) is 5.56 Å². The summed E-state index contributed by atoms with van der Waals surface area (Å²) in [6.07, 6.45) is -0.561. The largest absolute Gasteiger partial charge is 0.448 e. The topological polar surface area (TPSA) is 81.4 Å². The minimum absolute atomic E-state index is 0.332. The molecule has 2 heterocycles. The average molecular weight is 348 g/mol. The zero-order valence-corrected chi connectivity index (χ0v) is 14.1. The van der Waals surface area contributed by atoms with E-state index >= 15 is 0 Å². The molecule has 3 aromatic rings. The first kappa shape index (κ1) is 16.1. The monoisotopic (exact) mass is 348 g/mol. The Bertz CT molecular complexity index is 978. The summed E-state index contributed by atoms with van der Waals surface area (Å²) in [5.41, 5.74) is 3.14. The Balaban J connectivity index is 1.59. The molecule has 0 bridgehead atoms. The van der Waals surface area contributed by atoms with Crippen molar-refractivity contribution in [3.05, 3.63) is 71.4 Å². The molecule has 0 saturated heterocycles. The van der Waals surface area contributed by atoms with Crippen molar-refractivity contribution in [1.82, 2.24) is 5.16 Å². The molecule has 1 amide bonds. The lowest BCUT2D eigenvalue weighted by molar-refractivity contribution is -0.125. The number of fused-ring (bicyclic) bond motifs is 1. The molecule has 6 nitrogen and oxygen atoms in total. The number of hydrogen-bond acceptors (Lipinski definition) is 5. The first-order valence-electron chi connectivity index (χ1n) is 8.25. The summed E-state index contributed by atoms with van der Waals surface area (Å²) in [5, 5.41) is 6.75. The molecule has 1 aromatic heterocycles. The van der Waals surface area contributed by atoms with Gasteiger partial charge in [-0.25, -0.2) is 4.79 Å². The van der Waals surface area contributed by atoms with Crippen LogP contribution in [0.25, 0.3) is 11.3 Å². The first-order chi connectivity index (χ1) is 12.6. The number of carbonyl (C=O) groups is 2. The molecule has 6 heteroatoms. The number of nitrogens with zero attached hydrogens (tertiary/aromatic N) is 1. The predicted octanol–water partition coefficient (Wildman–Crippen LogP) is 3.37. The van der Waals surface area contributed by atoms with Crippen LogP contribution in [0.15, 0.2) is 59.1 Å². The highest BCUT2D eigenvalue weighted by Gasteiger charge is 2.32. The van der Waals surface area contributed by atoms with Gasteiger partial charge in [-0.15, -0.1) is 0 Å². The maximum absolute atomic E-state index is 12.7. The minimum Gasteiger partial charge on any atom is -0.448 e. The van der Waals surface area contributed by atoms with Crippen molar-refractivity contribution < 1.29 is 18.8 Å². The second-order valence-electron chi connectivity index (χ2n) is 6.08. The first-order valence-corrected chi connectivity index (χ1v) is 8.25. The van der Waals surface area contributed by atoms with Crippen LogP contribution in [0.5, 0.6) is 0 Å². The predicted molar refractivity (Wildman–Crippen MR) is 94.7 cm³/mol. The van der Waals surface area contributed by atoms with Crippen LogP contribution in [-0.4, -0.2) is 23.1 Å². The van der Waals surface area contributed by atoms with Gasteiger partial charge in [0.1, 0.15) is 11.4 Å². The van der Waals surface area contributed by atoms with Crippen molar-refractivity contribution in [1.29, 1.82) is 0 Å². The molecule has 0 aliphatic carbocycles. The van der Waals surface area contributed by atoms with Crippen LogP contribution in [0.4, 0.5) is 5.69 Å². The highest BCUT2D eigenvalue weighted by molar-refractivity contribution is 6.01. The molecule has 1 atom stereocenters. The van der Waals surface area contributed by atoms with Crippen molar-refractivity contribution in [3.63, 3.8) is 0 Å². The molecule has 0 unspecified atom stereocenters. The number of cyclic esters (lactones) is 1. The van der Waals surface area contributed by atoms with Gasteiger partial charge < -0.3 is 14.6 Å². The van der Waals surface area contributed by atoms with E-state index in [1.165, 1.54) is 0 Å². The Labute approximate surface area is 149 Å². The minimum atomic E-state index is -0.893. The number of benzene rings is 2. The average Bonchev–Trinajstić information content (AvgIpc) is 3.03. The van der Waals surface area contributed by atoms with Crippen LogP contribution in [0.1, 0.15) is 21.6 Å². The van der Waals surface area contributed by atoms with Gasteiger partial charge in [0.2, 0.25) is 0 Å².